The number of carbonyl (C=O) groups excluding carboxylic acids is 1. The number of thiophene rings is 1. The molecule has 0 aliphatic carbocycles. The molecule has 0 aliphatic rings. The number of nitrogens with two attached hydrogens (primary N) is 2. The van der Waals surface area contributed by atoms with Gasteiger partial charge in [0.15, 0.2) is 0 Å². The first-order valence-corrected chi connectivity index (χ1v) is 7.96. The van der Waals surface area contributed by atoms with Crippen LogP contribution in [0, 0.1) is 0 Å². The van der Waals surface area contributed by atoms with Gasteiger partial charge in [-0.05, 0) is 51.2 Å². The zero-order valence-electron chi connectivity index (χ0n) is 10.6. The summed E-state index contributed by atoms with van der Waals surface area (Å²) in [5.74, 6) is -0.238. The maximum atomic E-state index is 10.7. The molecule has 1 amide bonds. The number of halogens is 1. The Morgan fingerprint density at radius 2 is 2.16 bits per heavy atom. The molecular weight excluding hydrogens is 324 g/mol. The van der Waals surface area contributed by atoms with E-state index in [9.17, 15) is 4.79 Å². The van der Waals surface area contributed by atoms with Crippen molar-refractivity contribution in [3.63, 3.8) is 0 Å². The van der Waals surface area contributed by atoms with Crippen molar-refractivity contribution < 1.29 is 4.79 Å². The maximum Gasteiger partial charge on any atom is 0.217 e. The van der Waals surface area contributed by atoms with Gasteiger partial charge in [0.1, 0.15) is 0 Å². The van der Waals surface area contributed by atoms with Gasteiger partial charge in [-0.2, -0.15) is 0 Å². The maximum absolute atomic E-state index is 10.7. The predicted molar refractivity (Wildman–Crippen MR) is 84.1 cm³/mol. The summed E-state index contributed by atoms with van der Waals surface area (Å²) in [6.45, 7) is 0. The molecule has 3 nitrogen and oxygen atoms in total. The van der Waals surface area contributed by atoms with E-state index in [1.807, 2.05) is 12.1 Å². The third-order valence-electron chi connectivity index (χ3n) is 3.17. The summed E-state index contributed by atoms with van der Waals surface area (Å²) in [7, 11) is 0. The normalized spacial score (nSPS) is 12.7. The number of primary amides is 1. The fraction of sp³-hybridized carbons (Fsp3) is 0.357. The van der Waals surface area contributed by atoms with Crippen LogP contribution in [-0.2, 0) is 4.79 Å². The van der Waals surface area contributed by atoms with E-state index in [0.717, 1.165) is 23.7 Å². The zero-order valence-corrected chi connectivity index (χ0v) is 13.0. The number of carbonyl (C=O) groups is 1. The minimum Gasteiger partial charge on any atom is -0.370 e. The Bertz CT molecular complexity index is 582. The zero-order chi connectivity index (χ0) is 13.8. The molecule has 102 valence electrons. The fourth-order valence-corrected chi connectivity index (χ4v) is 3.83. The van der Waals surface area contributed by atoms with E-state index in [1.165, 1.54) is 15.6 Å². The lowest BCUT2D eigenvalue weighted by Crippen LogP contribution is -2.12. The number of benzene rings is 1. The molecule has 1 heterocycles. The summed E-state index contributed by atoms with van der Waals surface area (Å²) in [5.41, 5.74) is 12.6. The van der Waals surface area contributed by atoms with Gasteiger partial charge in [0.2, 0.25) is 5.91 Å². The first-order valence-electron chi connectivity index (χ1n) is 6.29. The average molecular weight is 341 g/mol. The molecule has 1 unspecified atom stereocenters. The summed E-state index contributed by atoms with van der Waals surface area (Å²) < 4.78 is 2.35. The summed E-state index contributed by atoms with van der Waals surface area (Å²) in [4.78, 5) is 10.7. The van der Waals surface area contributed by atoms with Gasteiger partial charge in [-0.1, -0.05) is 18.6 Å². The minimum atomic E-state index is -0.238. The average Bonchev–Trinajstić information content (AvgIpc) is 2.79. The first-order chi connectivity index (χ1) is 9.09. The Morgan fingerprint density at radius 1 is 1.37 bits per heavy atom. The highest BCUT2D eigenvalue weighted by molar-refractivity contribution is 9.10. The summed E-state index contributed by atoms with van der Waals surface area (Å²) >= 11 is 5.27. The molecule has 0 aliphatic heterocycles. The smallest absolute Gasteiger partial charge is 0.217 e. The molecule has 2 rings (SSSR count). The topological polar surface area (TPSA) is 69.1 Å². The number of hydrogen-bond acceptors (Lipinski definition) is 3. The molecule has 0 spiro atoms. The number of unbranched alkanes of at least 4 members (excludes halogenated alkanes) is 1. The molecule has 0 fully saturated rings. The fourth-order valence-electron chi connectivity index (χ4n) is 2.15. The standard InChI is InChI=1S/C14H17BrN2OS/c15-11-5-3-4-9-10(8-19-14(9)11)12(16)6-1-2-7-13(17)18/h3-5,8,12H,1-2,6-7,16H2,(H2,17,18). The molecule has 5 heteroatoms. The molecule has 1 atom stereocenters. The van der Waals surface area contributed by atoms with Crippen molar-refractivity contribution in [1.29, 1.82) is 0 Å². The van der Waals surface area contributed by atoms with Gasteiger partial charge >= 0.3 is 0 Å². The number of fused-ring (bicyclic) bond motifs is 1. The highest BCUT2D eigenvalue weighted by Gasteiger charge is 2.13. The van der Waals surface area contributed by atoms with Crippen molar-refractivity contribution in [1.82, 2.24) is 0 Å². The van der Waals surface area contributed by atoms with E-state index in [-0.39, 0.29) is 11.9 Å². The van der Waals surface area contributed by atoms with Crippen LogP contribution >= 0.6 is 27.3 Å². The van der Waals surface area contributed by atoms with Crippen LogP contribution in [0.2, 0.25) is 0 Å². The van der Waals surface area contributed by atoms with Crippen molar-refractivity contribution in [2.45, 2.75) is 31.7 Å². The van der Waals surface area contributed by atoms with Gasteiger partial charge in [-0.25, -0.2) is 0 Å². The van der Waals surface area contributed by atoms with E-state index in [4.69, 9.17) is 11.5 Å². The highest BCUT2D eigenvalue weighted by Crippen LogP contribution is 2.35. The molecule has 0 bridgehead atoms. The predicted octanol–water partition coefficient (Wildman–Crippen LogP) is 3.71. The molecule has 4 N–H and O–H groups in total. The van der Waals surface area contributed by atoms with Crippen LogP contribution in [0.15, 0.2) is 28.1 Å². The Kier molecular flexibility index (Phi) is 4.96. The quantitative estimate of drug-likeness (QED) is 0.787. The van der Waals surface area contributed by atoms with Gasteiger partial charge < -0.3 is 11.5 Å². The lowest BCUT2D eigenvalue weighted by molar-refractivity contribution is -0.118. The van der Waals surface area contributed by atoms with Gasteiger partial charge in [0.25, 0.3) is 0 Å². The molecule has 0 saturated heterocycles. The summed E-state index contributed by atoms with van der Waals surface area (Å²) in [6, 6.07) is 6.20. The highest BCUT2D eigenvalue weighted by atomic mass is 79.9. The first kappa shape index (κ1) is 14.5. The lowest BCUT2D eigenvalue weighted by atomic mass is 10.0. The molecule has 2 aromatic rings. The van der Waals surface area contributed by atoms with Crippen LogP contribution in [0.3, 0.4) is 0 Å². The summed E-state index contributed by atoms with van der Waals surface area (Å²) in [5, 5.41) is 3.36. The minimum absolute atomic E-state index is 0.0240. The largest absolute Gasteiger partial charge is 0.370 e. The number of hydrogen-bond donors (Lipinski definition) is 2. The van der Waals surface area contributed by atoms with Crippen LogP contribution in [0.5, 0.6) is 0 Å². The Morgan fingerprint density at radius 3 is 2.89 bits per heavy atom. The van der Waals surface area contributed by atoms with Gasteiger partial charge in [-0.3, -0.25) is 4.79 Å². The molecule has 1 aromatic heterocycles. The van der Waals surface area contributed by atoms with E-state index in [0.29, 0.717) is 6.42 Å². The second-order valence-corrected chi connectivity index (χ2v) is 6.36. The number of rotatable bonds is 6. The van der Waals surface area contributed by atoms with E-state index >= 15 is 0 Å². The summed E-state index contributed by atoms with van der Waals surface area (Å²) in [6.07, 6.45) is 3.07. The molecule has 1 aromatic carbocycles. The molecule has 0 radical (unpaired) electrons. The molecule has 19 heavy (non-hydrogen) atoms. The van der Waals surface area contributed by atoms with Gasteiger partial charge in [0.05, 0.1) is 0 Å². The Hall–Kier alpha value is -0.910. The van der Waals surface area contributed by atoms with E-state index < -0.39 is 0 Å². The van der Waals surface area contributed by atoms with Crippen molar-refractivity contribution in [2.24, 2.45) is 11.5 Å². The second kappa shape index (κ2) is 6.50. The van der Waals surface area contributed by atoms with Crippen LogP contribution in [0.25, 0.3) is 10.1 Å². The van der Waals surface area contributed by atoms with Crippen LogP contribution in [0.4, 0.5) is 0 Å². The molecule has 0 saturated carbocycles. The lowest BCUT2D eigenvalue weighted by Gasteiger charge is -2.10. The van der Waals surface area contributed by atoms with E-state index in [2.05, 4.69) is 27.4 Å². The van der Waals surface area contributed by atoms with Crippen LogP contribution in [-0.4, -0.2) is 5.91 Å². The Balaban J connectivity index is 2.03. The van der Waals surface area contributed by atoms with Gasteiger partial charge in [0, 0.05) is 21.6 Å². The monoisotopic (exact) mass is 340 g/mol. The van der Waals surface area contributed by atoms with Crippen molar-refractivity contribution in [3.8, 4) is 0 Å². The SMILES string of the molecule is NC(=O)CCCCC(N)c1csc2c(Br)cccc12. The van der Waals surface area contributed by atoms with Gasteiger partial charge in [-0.15, -0.1) is 11.3 Å². The van der Waals surface area contributed by atoms with Crippen molar-refractivity contribution in [3.05, 3.63) is 33.6 Å². The van der Waals surface area contributed by atoms with E-state index in [1.54, 1.807) is 11.3 Å². The van der Waals surface area contributed by atoms with Crippen LogP contribution in [0.1, 0.15) is 37.3 Å². The van der Waals surface area contributed by atoms with Crippen molar-refractivity contribution >= 4 is 43.3 Å². The third kappa shape index (κ3) is 3.55. The van der Waals surface area contributed by atoms with Crippen molar-refractivity contribution in [2.75, 3.05) is 0 Å². The second-order valence-electron chi connectivity index (χ2n) is 4.63. The number of amides is 1. The van der Waals surface area contributed by atoms with Crippen LogP contribution < -0.4 is 11.5 Å². The third-order valence-corrected chi connectivity index (χ3v) is 5.14. The molecular formula is C14H17BrN2OS. The Labute approximate surface area is 125 Å².